The number of anilines is 1. The van der Waals surface area contributed by atoms with Crippen LogP contribution < -0.4 is 10.2 Å². The number of pyridine rings is 1. The van der Waals surface area contributed by atoms with Gasteiger partial charge in [-0.1, -0.05) is 0 Å². The summed E-state index contributed by atoms with van der Waals surface area (Å²) in [5.74, 6) is 2.36. The Morgan fingerprint density at radius 1 is 1.29 bits per heavy atom. The zero-order chi connectivity index (χ0) is 19.3. The first-order valence-corrected chi connectivity index (χ1v) is 10.7. The van der Waals surface area contributed by atoms with Gasteiger partial charge in [-0.15, -0.1) is 0 Å². The van der Waals surface area contributed by atoms with Crippen LogP contribution in [-0.4, -0.2) is 41.2 Å². The van der Waals surface area contributed by atoms with Crippen molar-refractivity contribution in [3.63, 3.8) is 0 Å². The molecule has 5 fully saturated rings. The average molecular weight is 380 g/mol. The van der Waals surface area contributed by atoms with Crippen molar-refractivity contribution >= 4 is 11.7 Å². The predicted molar refractivity (Wildman–Crippen MR) is 104 cm³/mol. The summed E-state index contributed by atoms with van der Waals surface area (Å²) in [6, 6.07) is 5.93. The van der Waals surface area contributed by atoms with Crippen molar-refractivity contribution in [2.45, 2.75) is 57.1 Å². The van der Waals surface area contributed by atoms with E-state index < -0.39 is 0 Å². The molecule has 0 aromatic carbocycles. The summed E-state index contributed by atoms with van der Waals surface area (Å²) in [6.45, 7) is 1.69. The third kappa shape index (κ3) is 2.97. The summed E-state index contributed by atoms with van der Waals surface area (Å²) in [4.78, 5) is 20.0. The summed E-state index contributed by atoms with van der Waals surface area (Å²) >= 11 is 0. The van der Waals surface area contributed by atoms with Crippen LogP contribution in [0.3, 0.4) is 0 Å². The third-order valence-corrected chi connectivity index (χ3v) is 7.66. The Balaban J connectivity index is 1.26. The number of amides is 1. The Morgan fingerprint density at radius 2 is 2.07 bits per heavy atom. The van der Waals surface area contributed by atoms with E-state index in [1.165, 1.54) is 0 Å². The number of aliphatic hydroxyl groups excluding tert-OH is 1. The second-order valence-electron chi connectivity index (χ2n) is 9.52. The Kier molecular flexibility index (Phi) is 4.31. The van der Waals surface area contributed by atoms with Gasteiger partial charge < -0.3 is 15.3 Å². The van der Waals surface area contributed by atoms with E-state index >= 15 is 0 Å². The summed E-state index contributed by atoms with van der Waals surface area (Å²) in [5.41, 5.74) is 0.319. The maximum atomic E-state index is 13.3. The fourth-order valence-corrected chi connectivity index (χ4v) is 6.56. The zero-order valence-electron chi connectivity index (χ0n) is 16.2. The standard InChI is InChI=1S/C22H28N4O2/c23-11-14-3-4-19(24-12-14)26-5-1-2-18(13-26)25-21(28)22-8-15-6-16(9-22)20(27)17(7-15)10-22/h3-4,12,15-18,20,27H,1-2,5-10,13H2,(H,25,28). The van der Waals surface area contributed by atoms with Gasteiger partial charge in [-0.05, 0) is 74.8 Å². The zero-order valence-corrected chi connectivity index (χ0v) is 16.2. The fourth-order valence-electron chi connectivity index (χ4n) is 6.56. The van der Waals surface area contributed by atoms with Crippen molar-refractivity contribution < 1.29 is 9.90 Å². The molecule has 2 N–H and O–H groups in total. The highest BCUT2D eigenvalue weighted by Crippen LogP contribution is 2.60. The minimum atomic E-state index is -0.245. The molecule has 1 aromatic heterocycles. The van der Waals surface area contributed by atoms with Gasteiger partial charge in [0, 0.05) is 25.3 Å². The van der Waals surface area contributed by atoms with E-state index in [0.29, 0.717) is 23.3 Å². The number of nitriles is 1. The van der Waals surface area contributed by atoms with E-state index in [0.717, 1.165) is 63.9 Å². The maximum Gasteiger partial charge on any atom is 0.226 e. The molecule has 148 valence electrons. The maximum absolute atomic E-state index is 13.3. The van der Waals surface area contributed by atoms with E-state index in [1.54, 1.807) is 12.3 Å². The average Bonchev–Trinajstić information content (AvgIpc) is 2.71. The molecule has 3 atom stereocenters. The third-order valence-electron chi connectivity index (χ3n) is 7.66. The second-order valence-corrected chi connectivity index (χ2v) is 9.52. The molecular formula is C22H28N4O2. The molecule has 4 bridgehead atoms. The number of rotatable bonds is 3. The molecule has 6 nitrogen and oxygen atoms in total. The molecule has 1 amide bonds. The number of piperidine rings is 1. The number of carbonyl (C=O) groups is 1. The Hall–Kier alpha value is -2.13. The Morgan fingerprint density at radius 3 is 2.75 bits per heavy atom. The highest BCUT2D eigenvalue weighted by molar-refractivity contribution is 5.83. The van der Waals surface area contributed by atoms with Crippen molar-refractivity contribution in [1.29, 1.82) is 5.26 Å². The van der Waals surface area contributed by atoms with Crippen LogP contribution in [0.1, 0.15) is 50.5 Å². The second kappa shape index (κ2) is 6.73. The molecule has 0 radical (unpaired) electrons. The number of hydrogen-bond donors (Lipinski definition) is 2. The Bertz CT molecular complexity index is 786. The van der Waals surface area contributed by atoms with E-state index in [1.807, 2.05) is 6.07 Å². The summed E-state index contributed by atoms with van der Waals surface area (Å²) < 4.78 is 0. The number of aliphatic hydroxyl groups is 1. The highest BCUT2D eigenvalue weighted by atomic mass is 16.3. The molecule has 4 aliphatic carbocycles. The van der Waals surface area contributed by atoms with Crippen LogP contribution in [0.4, 0.5) is 5.82 Å². The molecule has 6 rings (SSSR count). The van der Waals surface area contributed by atoms with Gasteiger partial charge in [0.15, 0.2) is 0 Å². The smallest absolute Gasteiger partial charge is 0.226 e. The van der Waals surface area contributed by atoms with Crippen LogP contribution in [0.5, 0.6) is 0 Å². The minimum Gasteiger partial charge on any atom is -0.393 e. The molecule has 1 aromatic rings. The Labute approximate surface area is 165 Å². The molecule has 1 saturated heterocycles. The summed E-state index contributed by atoms with van der Waals surface area (Å²) in [5, 5.41) is 22.8. The number of nitrogens with zero attached hydrogens (tertiary/aromatic N) is 3. The van der Waals surface area contributed by atoms with Crippen molar-refractivity contribution in [3.8, 4) is 6.07 Å². The monoisotopic (exact) mass is 380 g/mol. The fraction of sp³-hybridized carbons (Fsp3) is 0.682. The largest absolute Gasteiger partial charge is 0.393 e. The summed E-state index contributed by atoms with van der Waals surface area (Å²) in [7, 11) is 0. The molecular weight excluding hydrogens is 352 g/mol. The lowest BCUT2D eigenvalue weighted by atomic mass is 9.48. The van der Waals surface area contributed by atoms with Crippen molar-refractivity contribution in [1.82, 2.24) is 10.3 Å². The van der Waals surface area contributed by atoms with E-state index in [9.17, 15) is 9.90 Å². The van der Waals surface area contributed by atoms with Gasteiger partial charge in [-0.3, -0.25) is 4.79 Å². The van der Waals surface area contributed by atoms with Crippen molar-refractivity contribution in [3.05, 3.63) is 23.9 Å². The van der Waals surface area contributed by atoms with E-state index in [-0.39, 0.29) is 23.5 Å². The first kappa shape index (κ1) is 17.9. The number of aromatic nitrogens is 1. The van der Waals surface area contributed by atoms with Crippen molar-refractivity contribution in [2.24, 2.45) is 23.2 Å². The molecule has 28 heavy (non-hydrogen) atoms. The minimum absolute atomic E-state index is 0.136. The van der Waals surface area contributed by atoms with E-state index in [2.05, 4.69) is 21.3 Å². The van der Waals surface area contributed by atoms with Crippen LogP contribution in [0.15, 0.2) is 18.3 Å². The van der Waals surface area contributed by atoms with Crippen LogP contribution in [-0.2, 0) is 4.79 Å². The summed E-state index contributed by atoms with van der Waals surface area (Å²) in [6.07, 6.45) is 8.37. The van der Waals surface area contributed by atoms with Gasteiger partial charge in [0.1, 0.15) is 11.9 Å². The number of carbonyl (C=O) groups excluding carboxylic acids is 1. The molecule has 4 saturated carbocycles. The predicted octanol–water partition coefficient (Wildman–Crippen LogP) is 2.23. The lowest BCUT2D eigenvalue weighted by molar-refractivity contribution is -0.163. The molecule has 2 heterocycles. The number of nitrogens with one attached hydrogen (secondary N) is 1. The van der Waals surface area contributed by atoms with Crippen LogP contribution in [0, 0.1) is 34.5 Å². The van der Waals surface area contributed by atoms with Crippen LogP contribution in [0.2, 0.25) is 0 Å². The van der Waals surface area contributed by atoms with Gasteiger partial charge in [0.2, 0.25) is 5.91 Å². The first-order chi connectivity index (χ1) is 13.6. The van der Waals surface area contributed by atoms with Gasteiger partial charge in [0.25, 0.3) is 0 Å². The van der Waals surface area contributed by atoms with Gasteiger partial charge >= 0.3 is 0 Å². The van der Waals surface area contributed by atoms with Gasteiger partial charge in [-0.25, -0.2) is 4.98 Å². The first-order valence-electron chi connectivity index (χ1n) is 10.7. The molecule has 1 aliphatic heterocycles. The lowest BCUT2D eigenvalue weighted by Gasteiger charge is -2.58. The van der Waals surface area contributed by atoms with E-state index in [4.69, 9.17) is 5.26 Å². The van der Waals surface area contributed by atoms with Crippen molar-refractivity contribution in [2.75, 3.05) is 18.0 Å². The quantitative estimate of drug-likeness (QED) is 0.839. The van der Waals surface area contributed by atoms with Gasteiger partial charge in [-0.2, -0.15) is 5.26 Å². The molecule has 3 unspecified atom stereocenters. The molecule has 6 heteroatoms. The van der Waals surface area contributed by atoms with Crippen LogP contribution >= 0.6 is 0 Å². The SMILES string of the molecule is N#Cc1ccc(N2CCCC(NC(=O)C34CC5CC(C3)C(O)C(C5)C4)C2)nc1. The normalized spacial score (nSPS) is 38.9. The molecule has 0 spiro atoms. The van der Waals surface area contributed by atoms with Crippen LogP contribution in [0.25, 0.3) is 0 Å². The van der Waals surface area contributed by atoms with Gasteiger partial charge in [0.05, 0.1) is 17.1 Å². The topological polar surface area (TPSA) is 89.2 Å². The number of hydrogen-bond acceptors (Lipinski definition) is 5. The lowest BCUT2D eigenvalue weighted by Crippen LogP contribution is -2.60. The highest BCUT2D eigenvalue weighted by Gasteiger charge is 2.58. The molecule has 5 aliphatic rings.